The van der Waals surface area contributed by atoms with Gasteiger partial charge in [0.05, 0.1) is 12.7 Å². The predicted molar refractivity (Wildman–Crippen MR) is 71.0 cm³/mol. The zero-order valence-electron chi connectivity index (χ0n) is 10.8. The van der Waals surface area contributed by atoms with Crippen molar-refractivity contribution in [3.05, 3.63) is 47.2 Å². The largest absolute Gasteiger partial charge is 0.489 e. The van der Waals surface area contributed by atoms with Crippen molar-refractivity contribution in [2.45, 2.75) is 26.2 Å². The second kappa shape index (κ2) is 7.36. The highest BCUT2D eigenvalue weighted by molar-refractivity contribution is 5.87. The van der Waals surface area contributed by atoms with Crippen molar-refractivity contribution in [3.8, 4) is 0 Å². The van der Waals surface area contributed by atoms with Crippen LogP contribution < -0.4 is 0 Å². The molecule has 96 valence electrons. The zero-order valence-corrected chi connectivity index (χ0v) is 10.8. The van der Waals surface area contributed by atoms with Crippen LogP contribution in [0.4, 0.5) is 0 Å². The topological polar surface area (TPSA) is 46.5 Å². The Hall–Kier alpha value is -1.99. The van der Waals surface area contributed by atoms with Gasteiger partial charge in [0.15, 0.2) is 5.76 Å². The average molecular weight is 246 g/mol. The van der Waals surface area contributed by atoms with Crippen LogP contribution in [0.15, 0.2) is 41.6 Å². The van der Waals surface area contributed by atoms with Crippen LogP contribution in [0, 0.1) is 0 Å². The van der Waals surface area contributed by atoms with Gasteiger partial charge in [0.2, 0.25) is 0 Å². The first-order chi connectivity index (χ1) is 8.69. The number of unbranched alkanes of at least 4 members (excludes halogenated alkanes) is 1. The molecule has 1 rings (SSSR count). The van der Waals surface area contributed by atoms with E-state index in [2.05, 4.69) is 5.73 Å². The summed E-state index contributed by atoms with van der Waals surface area (Å²) in [4.78, 5) is 11.1. The van der Waals surface area contributed by atoms with Crippen LogP contribution in [0.2, 0.25) is 0 Å². The van der Waals surface area contributed by atoms with Crippen LogP contribution in [0.3, 0.4) is 0 Å². The quantitative estimate of drug-likeness (QED) is 0.475. The molecule has 0 heterocycles. The summed E-state index contributed by atoms with van der Waals surface area (Å²) < 4.78 is 5.22. The number of carboxylic acids is 1. The normalized spacial score (nSPS) is 9.44. The third-order valence-electron chi connectivity index (χ3n) is 2.54. The molecule has 1 N–H and O–H groups in total. The van der Waals surface area contributed by atoms with Crippen LogP contribution in [-0.2, 0) is 9.53 Å². The number of aliphatic carboxylic acids is 1. The third-order valence-corrected chi connectivity index (χ3v) is 2.54. The van der Waals surface area contributed by atoms with Crippen LogP contribution in [0.25, 0.3) is 5.76 Å². The maximum atomic E-state index is 11.1. The first kappa shape index (κ1) is 14.1. The molecule has 0 aliphatic carbocycles. The Morgan fingerprint density at radius 3 is 2.50 bits per heavy atom. The van der Waals surface area contributed by atoms with Crippen LogP contribution in [-0.4, -0.2) is 18.2 Å². The second-order valence-corrected chi connectivity index (χ2v) is 3.91. The third kappa shape index (κ3) is 4.11. The minimum absolute atomic E-state index is 0.262. The molecule has 0 bridgehead atoms. The van der Waals surface area contributed by atoms with E-state index < -0.39 is 5.97 Å². The van der Waals surface area contributed by atoms with E-state index in [0.717, 1.165) is 18.4 Å². The summed E-state index contributed by atoms with van der Waals surface area (Å²) in [5.74, 6) is -0.474. The fraction of sp³-hybridized carbons (Fsp3) is 0.333. The average Bonchev–Trinajstić information content (AvgIpc) is 2.39. The van der Waals surface area contributed by atoms with E-state index in [-0.39, 0.29) is 5.57 Å². The first-order valence-electron chi connectivity index (χ1n) is 6.01. The fourth-order valence-corrected chi connectivity index (χ4v) is 1.54. The van der Waals surface area contributed by atoms with Crippen molar-refractivity contribution < 1.29 is 14.6 Å². The number of methoxy groups -OCH3 is 1. The molecule has 0 saturated carbocycles. The molecule has 1 aromatic carbocycles. The van der Waals surface area contributed by atoms with Crippen LogP contribution >= 0.6 is 0 Å². The molecule has 0 saturated heterocycles. The molecular formula is C15H18O3. The minimum atomic E-state index is -0.936. The summed E-state index contributed by atoms with van der Waals surface area (Å²) in [5.41, 5.74) is 3.96. The lowest BCUT2D eigenvalue weighted by atomic mass is 10.1. The Balaban J connectivity index is 3.16. The molecule has 3 nitrogen and oxygen atoms in total. The maximum Gasteiger partial charge on any atom is 0.339 e. The van der Waals surface area contributed by atoms with E-state index in [4.69, 9.17) is 9.84 Å². The maximum absolute atomic E-state index is 11.1. The predicted octanol–water partition coefficient (Wildman–Crippen LogP) is 3.47. The molecule has 0 atom stereocenters. The molecule has 0 radical (unpaired) electrons. The smallest absolute Gasteiger partial charge is 0.339 e. The van der Waals surface area contributed by atoms with Gasteiger partial charge in [0.1, 0.15) is 0 Å². The monoisotopic (exact) mass is 246 g/mol. The molecule has 18 heavy (non-hydrogen) atoms. The van der Waals surface area contributed by atoms with E-state index in [1.54, 1.807) is 0 Å². The van der Waals surface area contributed by atoms with Gasteiger partial charge in [-0.25, -0.2) is 4.79 Å². The fourth-order valence-electron chi connectivity index (χ4n) is 1.54. The molecule has 0 unspecified atom stereocenters. The molecule has 0 amide bonds. The molecule has 0 aliphatic heterocycles. The molecule has 0 spiro atoms. The summed E-state index contributed by atoms with van der Waals surface area (Å²) in [5, 5.41) is 9.12. The van der Waals surface area contributed by atoms with Gasteiger partial charge in [-0.2, -0.15) is 0 Å². The van der Waals surface area contributed by atoms with Gasteiger partial charge < -0.3 is 9.84 Å². The van der Waals surface area contributed by atoms with Crippen LogP contribution in [0.5, 0.6) is 0 Å². The summed E-state index contributed by atoms with van der Waals surface area (Å²) in [6.07, 6.45) is 2.29. The number of carboxylic acid groups (broad SMARTS) is 1. The Kier molecular flexibility index (Phi) is 5.75. The summed E-state index contributed by atoms with van der Waals surface area (Å²) in [6.45, 7) is 2.03. The number of carbonyl (C=O) groups is 1. The highest BCUT2D eigenvalue weighted by Gasteiger charge is 2.08. The molecule has 0 fully saturated rings. The zero-order chi connectivity index (χ0) is 13.4. The van der Waals surface area contributed by atoms with Crippen molar-refractivity contribution in [1.29, 1.82) is 0 Å². The number of ether oxygens (including phenoxy) is 1. The van der Waals surface area contributed by atoms with E-state index in [9.17, 15) is 4.79 Å². The van der Waals surface area contributed by atoms with Gasteiger partial charge in [0.25, 0.3) is 0 Å². The van der Waals surface area contributed by atoms with Crippen molar-refractivity contribution in [3.63, 3.8) is 0 Å². The number of rotatable bonds is 6. The Morgan fingerprint density at radius 2 is 2.00 bits per heavy atom. The Bertz CT molecular complexity index is 454. The summed E-state index contributed by atoms with van der Waals surface area (Å²) in [6, 6.07) is 9.39. The minimum Gasteiger partial charge on any atom is -0.489 e. The second-order valence-electron chi connectivity index (χ2n) is 3.91. The van der Waals surface area contributed by atoms with Gasteiger partial charge in [-0.1, -0.05) is 49.4 Å². The van der Waals surface area contributed by atoms with E-state index in [1.165, 1.54) is 7.11 Å². The summed E-state index contributed by atoms with van der Waals surface area (Å²) >= 11 is 0. The first-order valence-corrected chi connectivity index (χ1v) is 6.01. The highest BCUT2D eigenvalue weighted by Crippen LogP contribution is 2.15. The lowest BCUT2D eigenvalue weighted by Gasteiger charge is -2.04. The van der Waals surface area contributed by atoms with E-state index in [0.29, 0.717) is 12.2 Å². The van der Waals surface area contributed by atoms with Crippen molar-refractivity contribution in [2.75, 3.05) is 7.11 Å². The Morgan fingerprint density at radius 1 is 1.33 bits per heavy atom. The van der Waals surface area contributed by atoms with Gasteiger partial charge >= 0.3 is 5.97 Å². The van der Waals surface area contributed by atoms with Crippen LogP contribution in [0.1, 0.15) is 31.7 Å². The molecule has 0 aromatic heterocycles. The van der Waals surface area contributed by atoms with Gasteiger partial charge in [-0.3, -0.25) is 0 Å². The van der Waals surface area contributed by atoms with Crippen molar-refractivity contribution in [2.24, 2.45) is 0 Å². The van der Waals surface area contributed by atoms with E-state index in [1.807, 2.05) is 37.3 Å². The van der Waals surface area contributed by atoms with Crippen molar-refractivity contribution in [1.82, 2.24) is 0 Å². The lowest BCUT2D eigenvalue weighted by Crippen LogP contribution is -2.00. The number of benzene rings is 1. The van der Waals surface area contributed by atoms with Gasteiger partial charge in [0, 0.05) is 5.56 Å². The van der Waals surface area contributed by atoms with Crippen molar-refractivity contribution >= 4 is 11.7 Å². The lowest BCUT2D eigenvalue weighted by molar-refractivity contribution is -0.132. The van der Waals surface area contributed by atoms with Gasteiger partial charge in [-0.15, -0.1) is 0 Å². The number of hydrogen-bond donors (Lipinski definition) is 1. The molecule has 3 heteroatoms. The highest BCUT2D eigenvalue weighted by atomic mass is 16.5. The van der Waals surface area contributed by atoms with Gasteiger partial charge in [-0.05, 0) is 12.8 Å². The summed E-state index contributed by atoms with van der Waals surface area (Å²) in [7, 11) is 1.52. The molecular weight excluding hydrogens is 228 g/mol. The Labute approximate surface area is 107 Å². The number of hydrogen-bond acceptors (Lipinski definition) is 2. The standard InChI is InChI=1S/C15H18O3/c1-3-4-8-13(15(16)17)11-14(18-2)12-9-6-5-7-10-12/h5-7,9-10H,3-4,8H2,1-2H3,(H,16,17). The van der Waals surface area contributed by atoms with E-state index >= 15 is 0 Å². The molecule has 1 aromatic rings. The molecule has 0 aliphatic rings. The SMILES string of the molecule is CCCCC(=C=C(OC)c1ccccc1)C(=O)O.